The van der Waals surface area contributed by atoms with Gasteiger partial charge in [-0.15, -0.1) is 0 Å². The van der Waals surface area contributed by atoms with Crippen LogP contribution in [0.2, 0.25) is 0 Å². The van der Waals surface area contributed by atoms with E-state index in [-0.39, 0.29) is 0 Å². The fourth-order valence-electron chi connectivity index (χ4n) is 1.95. The van der Waals surface area contributed by atoms with Crippen molar-refractivity contribution in [2.75, 3.05) is 0 Å². The van der Waals surface area contributed by atoms with Gasteiger partial charge in [-0.05, 0) is 44.3 Å². The topological polar surface area (TPSA) is 0 Å². The van der Waals surface area contributed by atoms with Crippen molar-refractivity contribution in [3.05, 3.63) is 46.6 Å². The van der Waals surface area contributed by atoms with Crippen LogP contribution < -0.4 is 0 Å². The normalized spacial score (nSPS) is 22.0. The van der Waals surface area contributed by atoms with Crippen LogP contribution >= 0.6 is 0 Å². The predicted octanol–water partition coefficient (Wildman–Crippen LogP) is 3.93. The van der Waals surface area contributed by atoms with E-state index in [0.29, 0.717) is 0 Å². The Morgan fingerprint density at radius 1 is 0.846 bits per heavy atom. The molecule has 0 heterocycles. The number of allylic oxidation sites excluding steroid dienone is 8. The average Bonchev–Trinajstić information content (AvgIpc) is 2.43. The maximum Gasteiger partial charge on any atom is -0.00269 e. The van der Waals surface area contributed by atoms with E-state index >= 15 is 0 Å². The molecule has 2 aliphatic rings. The van der Waals surface area contributed by atoms with Crippen molar-refractivity contribution in [2.45, 2.75) is 33.1 Å². The second-order valence-electron chi connectivity index (χ2n) is 4.01. The van der Waals surface area contributed by atoms with Crippen molar-refractivity contribution in [3.8, 4) is 0 Å². The molecule has 0 fully saturated rings. The largest absolute Gasteiger partial charge is 0.0695 e. The summed E-state index contributed by atoms with van der Waals surface area (Å²) in [7, 11) is 0. The lowest BCUT2D eigenvalue weighted by Gasteiger charge is -2.03. The van der Waals surface area contributed by atoms with Gasteiger partial charge in [0, 0.05) is 0 Å². The highest BCUT2D eigenvalue weighted by atomic mass is 14.2. The summed E-state index contributed by atoms with van der Waals surface area (Å²) in [4.78, 5) is 0. The molecule has 0 N–H and O–H groups in total. The summed E-state index contributed by atoms with van der Waals surface area (Å²) in [5.74, 6) is 0. The fraction of sp³-hybridized carbons (Fsp3) is 0.385. The van der Waals surface area contributed by atoms with Gasteiger partial charge in [0.1, 0.15) is 0 Å². The highest BCUT2D eigenvalue weighted by Gasteiger charge is 2.11. The molecule has 0 saturated heterocycles. The lowest BCUT2D eigenvalue weighted by Crippen LogP contribution is -1.84. The summed E-state index contributed by atoms with van der Waals surface area (Å²) in [5.41, 5.74) is 6.18. The molecule has 0 unspecified atom stereocenters. The highest BCUT2D eigenvalue weighted by Crippen LogP contribution is 2.30. The molecule has 0 saturated carbocycles. The average molecular weight is 172 g/mol. The molecular weight excluding hydrogens is 156 g/mol. The van der Waals surface area contributed by atoms with E-state index in [9.17, 15) is 0 Å². The van der Waals surface area contributed by atoms with Gasteiger partial charge in [-0.25, -0.2) is 0 Å². The number of rotatable bonds is 0. The third-order valence-electron chi connectivity index (χ3n) is 3.06. The van der Waals surface area contributed by atoms with Crippen LogP contribution in [-0.2, 0) is 0 Å². The third-order valence-corrected chi connectivity index (χ3v) is 3.06. The zero-order valence-electron chi connectivity index (χ0n) is 8.43. The van der Waals surface area contributed by atoms with Crippen LogP contribution in [0.4, 0.5) is 0 Å². The predicted molar refractivity (Wildman–Crippen MR) is 57.5 cm³/mol. The van der Waals surface area contributed by atoms with Crippen molar-refractivity contribution >= 4 is 0 Å². The molecule has 0 aromatic carbocycles. The Labute approximate surface area is 80.3 Å². The molecule has 0 aromatic rings. The maximum atomic E-state index is 2.27. The van der Waals surface area contributed by atoms with Gasteiger partial charge in [0.2, 0.25) is 0 Å². The standard InChI is InChI=1S/C13H16/c1-10-7-8-11(2)13-6-4-3-5-12(10)9-13/h3-6H,7-9H2,1-2H3. The summed E-state index contributed by atoms with van der Waals surface area (Å²) in [5, 5.41) is 0. The lowest BCUT2D eigenvalue weighted by molar-refractivity contribution is 0.924. The van der Waals surface area contributed by atoms with E-state index in [4.69, 9.17) is 0 Å². The second-order valence-corrected chi connectivity index (χ2v) is 4.01. The summed E-state index contributed by atoms with van der Waals surface area (Å²) in [6.45, 7) is 4.53. The first-order valence-corrected chi connectivity index (χ1v) is 4.99. The van der Waals surface area contributed by atoms with E-state index in [1.54, 1.807) is 11.1 Å². The molecule has 68 valence electrons. The van der Waals surface area contributed by atoms with E-state index < -0.39 is 0 Å². The Bertz CT molecular complexity index is 301. The molecule has 2 bridgehead atoms. The zero-order valence-corrected chi connectivity index (χ0v) is 8.43. The minimum Gasteiger partial charge on any atom is -0.0695 e. The molecule has 0 aliphatic heterocycles. The quantitative estimate of drug-likeness (QED) is 0.519. The molecule has 0 atom stereocenters. The molecular formula is C13H16. The van der Waals surface area contributed by atoms with Crippen molar-refractivity contribution in [1.82, 2.24) is 0 Å². The first-order chi connectivity index (χ1) is 6.27. The van der Waals surface area contributed by atoms with Crippen molar-refractivity contribution in [1.29, 1.82) is 0 Å². The number of fused-ring (bicyclic) bond motifs is 2. The van der Waals surface area contributed by atoms with Crippen LogP contribution in [-0.4, -0.2) is 0 Å². The van der Waals surface area contributed by atoms with Gasteiger partial charge >= 0.3 is 0 Å². The summed E-state index contributed by atoms with van der Waals surface area (Å²) in [6.07, 6.45) is 12.5. The minimum atomic E-state index is 1.14. The first kappa shape index (κ1) is 8.55. The Balaban J connectivity index is 2.46. The molecule has 0 heteroatoms. The molecule has 13 heavy (non-hydrogen) atoms. The zero-order chi connectivity index (χ0) is 9.26. The fourth-order valence-corrected chi connectivity index (χ4v) is 1.95. The molecule has 0 nitrogen and oxygen atoms in total. The van der Waals surface area contributed by atoms with Crippen molar-refractivity contribution in [3.63, 3.8) is 0 Å². The molecule has 0 aromatic heterocycles. The van der Waals surface area contributed by atoms with E-state index in [2.05, 4.69) is 38.2 Å². The minimum absolute atomic E-state index is 1.14. The molecule has 0 spiro atoms. The van der Waals surface area contributed by atoms with Crippen molar-refractivity contribution in [2.24, 2.45) is 0 Å². The van der Waals surface area contributed by atoms with E-state index in [0.717, 1.165) is 6.42 Å². The molecule has 2 aliphatic carbocycles. The Kier molecular flexibility index (Phi) is 2.22. The monoisotopic (exact) mass is 172 g/mol. The smallest absolute Gasteiger partial charge is 0.00269 e. The van der Waals surface area contributed by atoms with Crippen LogP contribution in [0, 0.1) is 0 Å². The van der Waals surface area contributed by atoms with Crippen LogP contribution in [0.1, 0.15) is 33.1 Å². The summed E-state index contributed by atoms with van der Waals surface area (Å²) < 4.78 is 0. The number of hydrogen-bond donors (Lipinski definition) is 0. The SMILES string of the molecule is CC1=C2C=CC=CC(=C(C)CC1)C2. The van der Waals surface area contributed by atoms with E-state index in [1.165, 1.54) is 24.0 Å². The van der Waals surface area contributed by atoms with Crippen LogP contribution in [0.15, 0.2) is 46.6 Å². The second kappa shape index (κ2) is 3.37. The first-order valence-electron chi connectivity index (χ1n) is 4.99. The third kappa shape index (κ3) is 1.67. The van der Waals surface area contributed by atoms with Gasteiger partial charge in [-0.1, -0.05) is 35.5 Å². The van der Waals surface area contributed by atoms with Crippen molar-refractivity contribution < 1.29 is 0 Å². The molecule has 0 amide bonds. The maximum absolute atomic E-state index is 2.27. The number of hydrogen-bond acceptors (Lipinski definition) is 0. The summed E-state index contributed by atoms with van der Waals surface area (Å²) >= 11 is 0. The Morgan fingerprint density at radius 2 is 1.31 bits per heavy atom. The van der Waals surface area contributed by atoms with Gasteiger partial charge in [0.25, 0.3) is 0 Å². The van der Waals surface area contributed by atoms with E-state index in [1.807, 2.05) is 0 Å². The van der Waals surface area contributed by atoms with Gasteiger partial charge in [-0.2, -0.15) is 0 Å². The summed E-state index contributed by atoms with van der Waals surface area (Å²) in [6, 6.07) is 0. The van der Waals surface area contributed by atoms with Crippen LogP contribution in [0.3, 0.4) is 0 Å². The van der Waals surface area contributed by atoms with Gasteiger partial charge in [-0.3, -0.25) is 0 Å². The van der Waals surface area contributed by atoms with Gasteiger partial charge in [0.15, 0.2) is 0 Å². The van der Waals surface area contributed by atoms with Crippen LogP contribution in [0.25, 0.3) is 0 Å². The van der Waals surface area contributed by atoms with Gasteiger partial charge in [0.05, 0.1) is 0 Å². The molecule has 0 radical (unpaired) electrons. The highest BCUT2D eigenvalue weighted by molar-refractivity contribution is 5.43. The lowest BCUT2D eigenvalue weighted by atomic mass is 10.0. The molecule has 2 rings (SSSR count). The Morgan fingerprint density at radius 3 is 1.77 bits per heavy atom. The Hall–Kier alpha value is -1.04. The van der Waals surface area contributed by atoms with Gasteiger partial charge < -0.3 is 0 Å². The van der Waals surface area contributed by atoms with Crippen LogP contribution in [0.5, 0.6) is 0 Å².